The van der Waals surface area contributed by atoms with Crippen molar-refractivity contribution in [1.82, 2.24) is 10.6 Å². The Balaban J connectivity index is 1.80. The SMILES string of the molecule is O=C(NC1(c2ccccc2)CCCCC1)C1CCNC1. The maximum atomic E-state index is 12.5. The largest absolute Gasteiger partial charge is 0.346 e. The van der Waals surface area contributed by atoms with Gasteiger partial charge in [0.2, 0.25) is 5.91 Å². The summed E-state index contributed by atoms with van der Waals surface area (Å²) >= 11 is 0. The maximum Gasteiger partial charge on any atom is 0.225 e. The van der Waals surface area contributed by atoms with Gasteiger partial charge in [-0.05, 0) is 31.4 Å². The van der Waals surface area contributed by atoms with E-state index in [2.05, 4.69) is 34.9 Å². The zero-order valence-electron chi connectivity index (χ0n) is 12.0. The standard InChI is InChI=1S/C17H24N2O/c20-16(14-9-12-18-13-14)19-17(10-5-2-6-11-17)15-7-3-1-4-8-15/h1,3-4,7-8,14,18H,2,5-6,9-13H2,(H,19,20). The summed E-state index contributed by atoms with van der Waals surface area (Å²) in [5.41, 5.74) is 1.15. The van der Waals surface area contributed by atoms with Crippen molar-refractivity contribution in [1.29, 1.82) is 0 Å². The summed E-state index contributed by atoms with van der Waals surface area (Å²) in [6.45, 7) is 1.80. The van der Waals surface area contributed by atoms with Crippen molar-refractivity contribution in [3.63, 3.8) is 0 Å². The van der Waals surface area contributed by atoms with Gasteiger partial charge >= 0.3 is 0 Å². The van der Waals surface area contributed by atoms with Gasteiger partial charge in [0.15, 0.2) is 0 Å². The van der Waals surface area contributed by atoms with Crippen molar-refractivity contribution >= 4 is 5.91 Å². The van der Waals surface area contributed by atoms with Gasteiger partial charge in [-0.2, -0.15) is 0 Å². The fraction of sp³-hybridized carbons (Fsp3) is 0.588. The van der Waals surface area contributed by atoms with E-state index in [0.717, 1.165) is 32.4 Å². The molecule has 108 valence electrons. The highest BCUT2D eigenvalue weighted by atomic mass is 16.2. The highest BCUT2D eigenvalue weighted by molar-refractivity contribution is 5.80. The van der Waals surface area contributed by atoms with Gasteiger partial charge in [0.1, 0.15) is 0 Å². The quantitative estimate of drug-likeness (QED) is 0.888. The van der Waals surface area contributed by atoms with Crippen LogP contribution in [0.25, 0.3) is 0 Å². The fourth-order valence-corrected chi connectivity index (χ4v) is 3.61. The van der Waals surface area contributed by atoms with Gasteiger partial charge < -0.3 is 10.6 Å². The molecule has 2 fully saturated rings. The van der Waals surface area contributed by atoms with E-state index in [1.54, 1.807) is 0 Å². The second kappa shape index (κ2) is 5.96. The highest BCUT2D eigenvalue weighted by Gasteiger charge is 2.37. The minimum atomic E-state index is -0.126. The van der Waals surface area contributed by atoms with E-state index in [1.807, 2.05) is 6.07 Å². The molecule has 1 aromatic rings. The molecule has 1 unspecified atom stereocenters. The maximum absolute atomic E-state index is 12.5. The van der Waals surface area contributed by atoms with Crippen LogP contribution < -0.4 is 10.6 Å². The second-order valence-corrected chi connectivity index (χ2v) is 6.19. The number of amides is 1. The number of nitrogens with one attached hydrogen (secondary N) is 2. The predicted octanol–water partition coefficient (Wildman–Crippen LogP) is 2.57. The summed E-state index contributed by atoms with van der Waals surface area (Å²) in [6, 6.07) is 10.5. The van der Waals surface area contributed by atoms with Crippen LogP contribution in [0.2, 0.25) is 0 Å². The zero-order valence-corrected chi connectivity index (χ0v) is 12.0. The molecule has 3 heteroatoms. The molecule has 1 aliphatic heterocycles. The lowest BCUT2D eigenvalue weighted by atomic mass is 9.76. The molecule has 1 saturated heterocycles. The monoisotopic (exact) mass is 272 g/mol. The molecule has 1 amide bonds. The Morgan fingerprint density at radius 1 is 1.15 bits per heavy atom. The van der Waals surface area contributed by atoms with Crippen molar-refractivity contribution in [2.24, 2.45) is 5.92 Å². The Labute approximate surface area is 121 Å². The first kappa shape index (κ1) is 13.6. The Hall–Kier alpha value is -1.35. The Morgan fingerprint density at radius 3 is 2.55 bits per heavy atom. The van der Waals surface area contributed by atoms with E-state index < -0.39 is 0 Å². The lowest BCUT2D eigenvalue weighted by Crippen LogP contribution is -2.49. The molecule has 0 radical (unpaired) electrons. The molecule has 1 aromatic carbocycles. The van der Waals surface area contributed by atoms with Crippen LogP contribution in [-0.2, 0) is 10.3 Å². The minimum absolute atomic E-state index is 0.126. The van der Waals surface area contributed by atoms with E-state index in [9.17, 15) is 4.79 Å². The van der Waals surface area contributed by atoms with Gasteiger partial charge in [-0.3, -0.25) is 4.79 Å². The van der Waals surface area contributed by atoms with Crippen LogP contribution in [0.4, 0.5) is 0 Å². The summed E-state index contributed by atoms with van der Waals surface area (Å²) in [4.78, 5) is 12.5. The van der Waals surface area contributed by atoms with Crippen molar-refractivity contribution in [2.45, 2.75) is 44.1 Å². The van der Waals surface area contributed by atoms with E-state index in [-0.39, 0.29) is 17.4 Å². The first-order chi connectivity index (χ1) is 9.80. The van der Waals surface area contributed by atoms with Crippen LogP contribution in [0.5, 0.6) is 0 Å². The molecular formula is C17H24N2O. The van der Waals surface area contributed by atoms with Crippen molar-refractivity contribution in [2.75, 3.05) is 13.1 Å². The molecule has 2 N–H and O–H groups in total. The molecule has 0 aromatic heterocycles. The Kier molecular flexibility index (Phi) is 4.06. The summed E-state index contributed by atoms with van der Waals surface area (Å²) in [5, 5.41) is 6.69. The molecule has 3 nitrogen and oxygen atoms in total. The predicted molar refractivity (Wildman–Crippen MR) is 80.3 cm³/mol. The molecule has 0 bridgehead atoms. The average molecular weight is 272 g/mol. The lowest BCUT2D eigenvalue weighted by molar-refractivity contribution is -0.127. The molecule has 3 rings (SSSR count). The number of carbonyl (C=O) groups is 1. The van der Waals surface area contributed by atoms with E-state index in [0.29, 0.717) is 0 Å². The summed E-state index contributed by atoms with van der Waals surface area (Å²) < 4.78 is 0. The summed E-state index contributed by atoms with van der Waals surface area (Å²) in [5.74, 6) is 0.387. The Bertz CT molecular complexity index is 445. The first-order valence-corrected chi connectivity index (χ1v) is 7.88. The summed E-state index contributed by atoms with van der Waals surface area (Å²) in [6.07, 6.45) is 6.81. The molecular weight excluding hydrogens is 248 g/mol. The van der Waals surface area contributed by atoms with Crippen LogP contribution in [0.3, 0.4) is 0 Å². The van der Waals surface area contributed by atoms with Crippen LogP contribution in [0.15, 0.2) is 30.3 Å². The van der Waals surface area contributed by atoms with Gasteiger partial charge in [-0.25, -0.2) is 0 Å². The number of carbonyl (C=O) groups excluding carboxylic acids is 1. The highest BCUT2D eigenvalue weighted by Crippen LogP contribution is 2.37. The van der Waals surface area contributed by atoms with Gasteiger partial charge in [-0.1, -0.05) is 49.6 Å². The molecule has 20 heavy (non-hydrogen) atoms. The van der Waals surface area contributed by atoms with Gasteiger partial charge in [-0.15, -0.1) is 0 Å². The second-order valence-electron chi connectivity index (χ2n) is 6.19. The van der Waals surface area contributed by atoms with E-state index in [4.69, 9.17) is 0 Å². The smallest absolute Gasteiger partial charge is 0.225 e. The van der Waals surface area contributed by atoms with Crippen molar-refractivity contribution in [3.8, 4) is 0 Å². The van der Waals surface area contributed by atoms with Crippen LogP contribution in [0, 0.1) is 5.92 Å². The number of rotatable bonds is 3. The molecule has 1 heterocycles. The molecule has 1 atom stereocenters. The Morgan fingerprint density at radius 2 is 1.90 bits per heavy atom. The van der Waals surface area contributed by atoms with Crippen LogP contribution >= 0.6 is 0 Å². The van der Waals surface area contributed by atoms with E-state index in [1.165, 1.54) is 24.8 Å². The van der Waals surface area contributed by atoms with Crippen LogP contribution in [-0.4, -0.2) is 19.0 Å². The molecule has 1 aliphatic carbocycles. The van der Waals surface area contributed by atoms with Crippen LogP contribution in [0.1, 0.15) is 44.1 Å². The zero-order chi connectivity index (χ0) is 13.8. The number of hydrogen-bond donors (Lipinski definition) is 2. The normalized spacial score (nSPS) is 25.3. The third kappa shape index (κ3) is 2.73. The fourth-order valence-electron chi connectivity index (χ4n) is 3.61. The molecule has 0 spiro atoms. The third-order valence-electron chi connectivity index (χ3n) is 4.83. The average Bonchev–Trinajstić information content (AvgIpc) is 3.03. The molecule has 2 aliphatic rings. The lowest BCUT2D eigenvalue weighted by Gasteiger charge is -2.39. The first-order valence-electron chi connectivity index (χ1n) is 7.88. The van der Waals surface area contributed by atoms with E-state index >= 15 is 0 Å². The van der Waals surface area contributed by atoms with Gasteiger partial charge in [0.05, 0.1) is 11.5 Å². The number of hydrogen-bond acceptors (Lipinski definition) is 2. The topological polar surface area (TPSA) is 41.1 Å². The molecule has 1 saturated carbocycles. The van der Waals surface area contributed by atoms with Gasteiger partial charge in [0, 0.05) is 6.54 Å². The van der Waals surface area contributed by atoms with Crippen molar-refractivity contribution < 1.29 is 4.79 Å². The third-order valence-corrected chi connectivity index (χ3v) is 4.83. The van der Waals surface area contributed by atoms with Gasteiger partial charge in [0.25, 0.3) is 0 Å². The number of benzene rings is 1. The minimum Gasteiger partial charge on any atom is -0.346 e. The summed E-state index contributed by atoms with van der Waals surface area (Å²) in [7, 11) is 0. The van der Waals surface area contributed by atoms with Crippen molar-refractivity contribution in [3.05, 3.63) is 35.9 Å².